The molecule has 2 heterocycles. The van der Waals surface area contributed by atoms with E-state index in [4.69, 9.17) is 4.74 Å². The summed E-state index contributed by atoms with van der Waals surface area (Å²) >= 11 is 0. The highest BCUT2D eigenvalue weighted by atomic mass is 16.5. The van der Waals surface area contributed by atoms with Crippen molar-refractivity contribution in [3.8, 4) is 5.75 Å². The summed E-state index contributed by atoms with van der Waals surface area (Å²) in [4.78, 5) is 30.7. The van der Waals surface area contributed by atoms with Gasteiger partial charge in [0.2, 0.25) is 11.8 Å². The lowest BCUT2D eigenvalue weighted by Crippen LogP contribution is -2.45. The second-order valence-corrected chi connectivity index (χ2v) is 6.26. The predicted molar refractivity (Wildman–Crippen MR) is 91.8 cm³/mol. The summed E-state index contributed by atoms with van der Waals surface area (Å²) in [6.07, 6.45) is 4.66. The monoisotopic (exact) mass is 333 g/mol. The highest BCUT2D eigenvalue weighted by Crippen LogP contribution is 2.24. The summed E-state index contributed by atoms with van der Waals surface area (Å²) in [6, 6.07) is -0.350. The number of methoxy groups -OCH3 is 1. The molecule has 1 aromatic heterocycles. The van der Waals surface area contributed by atoms with Gasteiger partial charge in [0, 0.05) is 30.3 Å². The number of pyridine rings is 1. The summed E-state index contributed by atoms with van der Waals surface area (Å²) in [6.45, 7) is 6.87. The maximum Gasteiger partial charge on any atom is 0.243 e. The van der Waals surface area contributed by atoms with E-state index in [2.05, 4.69) is 10.3 Å². The normalized spacial score (nSPS) is 17.0. The van der Waals surface area contributed by atoms with Gasteiger partial charge in [-0.3, -0.25) is 14.6 Å². The van der Waals surface area contributed by atoms with Crippen LogP contribution >= 0.6 is 0 Å². The first-order valence-corrected chi connectivity index (χ1v) is 8.55. The van der Waals surface area contributed by atoms with E-state index in [-0.39, 0.29) is 17.9 Å². The Morgan fingerprint density at radius 1 is 1.42 bits per heavy atom. The van der Waals surface area contributed by atoms with Crippen LogP contribution in [-0.2, 0) is 16.1 Å². The van der Waals surface area contributed by atoms with Gasteiger partial charge < -0.3 is 15.0 Å². The molecule has 0 spiro atoms. The van der Waals surface area contributed by atoms with Crippen LogP contribution < -0.4 is 10.1 Å². The van der Waals surface area contributed by atoms with Crippen molar-refractivity contribution in [2.24, 2.45) is 0 Å². The van der Waals surface area contributed by atoms with Crippen molar-refractivity contribution in [2.75, 3.05) is 13.7 Å². The van der Waals surface area contributed by atoms with Gasteiger partial charge in [0.15, 0.2) is 0 Å². The van der Waals surface area contributed by atoms with Crippen LogP contribution in [0.5, 0.6) is 5.75 Å². The van der Waals surface area contributed by atoms with Crippen LogP contribution in [0.3, 0.4) is 0 Å². The lowest BCUT2D eigenvalue weighted by Gasteiger charge is -2.24. The number of nitrogens with one attached hydrogen (secondary N) is 1. The van der Waals surface area contributed by atoms with Gasteiger partial charge in [0.05, 0.1) is 19.3 Å². The SMILES string of the molecule is CCCC(=O)N1CCCC1C(=O)NCc1ncc(C)c(OC)c1C. The third-order valence-electron chi connectivity index (χ3n) is 4.52. The third kappa shape index (κ3) is 3.86. The molecule has 1 N–H and O–H groups in total. The van der Waals surface area contributed by atoms with Crippen molar-refractivity contribution in [3.05, 3.63) is 23.0 Å². The number of likely N-dealkylation sites (tertiary alicyclic amines) is 1. The quantitative estimate of drug-likeness (QED) is 0.865. The minimum absolute atomic E-state index is 0.0708. The van der Waals surface area contributed by atoms with E-state index in [9.17, 15) is 9.59 Å². The molecule has 1 aliphatic heterocycles. The van der Waals surface area contributed by atoms with Crippen molar-refractivity contribution >= 4 is 11.8 Å². The minimum atomic E-state index is -0.350. The lowest BCUT2D eigenvalue weighted by molar-refractivity contribution is -0.138. The Balaban J connectivity index is 2.02. The number of aryl methyl sites for hydroxylation is 1. The highest BCUT2D eigenvalue weighted by molar-refractivity contribution is 5.88. The van der Waals surface area contributed by atoms with E-state index in [0.717, 1.165) is 41.8 Å². The zero-order valence-electron chi connectivity index (χ0n) is 15.0. The maximum absolute atomic E-state index is 12.5. The van der Waals surface area contributed by atoms with Crippen LogP contribution in [-0.4, -0.2) is 41.4 Å². The van der Waals surface area contributed by atoms with Gasteiger partial charge in [-0.2, -0.15) is 0 Å². The Labute approximate surface area is 143 Å². The van der Waals surface area contributed by atoms with Gasteiger partial charge in [-0.15, -0.1) is 0 Å². The van der Waals surface area contributed by atoms with Crippen LogP contribution in [0, 0.1) is 13.8 Å². The molecule has 2 rings (SSSR count). The molecule has 0 aliphatic carbocycles. The molecule has 0 radical (unpaired) electrons. The van der Waals surface area contributed by atoms with Crippen molar-refractivity contribution in [3.63, 3.8) is 0 Å². The van der Waals surface area contributed by atoms with Crippen molar-refractivity contribution in [2.45, 2.75) is 59.0 Å². The molecule has 2 amide bonds. The Kier molecular flexibility index (Phi) is 6.17. The number of amides is 2. The molecule has 1 aromatic rings. The van der Waals surface area contributed by atoms with Crippen molar-refractivity contribution in [1.29, 1.82) is 0 Å². The first-order chi connectivity index (χ1) is 11.5. The van der Waals surface area contributed by atoms with Gasteiger partial charge in [-0.25, -0.2) is 0 Å². The van der Waals surface area contributed by atoms with Gasteiger partial charge >= 0.3 is 0 Å². The zero-order chi connectivity index (χ0) is 17.7. The molecule has 1 atom stereocenters. The van der Waals surface area contributed by atoms with Gasteiger partial charge in [-0.05, 0) is 33.1 Å². The first kappa shape index (κ1) is 18.2. The number of ether oxygens (including phenoxy) is 1. The number of carbonyl (C=O) groups is 2. The summed E-state index contributed by atoms with van der Waals surface area (Å²) < 4.78 is 5.39. The van der Waals surface area contributed by atoms with E-state index in [1.165, 1.54) is 0 Å². The lowest BCUT2D eigenvalue weighted by atomic mass is 10.1. The number of nitrogens with zero attached hydrogens (tertiary/aromatic N) is 2. The molecule has 1 aliphatic rings. The van der Waals surface area contributed by atoms with E-state index >= 15 is 0 Å². The van der Waals surface area contributed by atoms with Crippen LogP contribution in [0.1, 0.15) is 49.4 Å². The van der Waals surface area contributed by atoms with Crippen LogP contribution in [0.15, 0.2) is 6.20 Å². The molecular weight excluding hydrogens is 306 g/mol. The maximum atomic E-state index is 12.5. The van der Waals surface area contributed by atoms with Crippen LogP contribution in [0.4, 0.5) is 0 Å². The summed E-state index contributed by atoms with van der Waals surface area (Å²) in [5.41, 5.74) is 2.69. The van der Waals surface area contributed by atoms with Crippen LogP contribution in [0.25, 0.3) is 0 Å². The molecule has 132 valence electrons. The molecule has 0 bridgehead atoms. The van der Waals surface area contributed by atoms with Gasteiger partial charge in [0.25, 0.3) is 0 Å². The summed E-state index contributed by atoms with van der Waals surface area (Å²) in [5.74, 6) is 0.772. The topological polar surface area (TPSA) is 71.5 Å². The van der Waals surface area contributed by atoms with E-state index < -0.39 is 0 Å². The largest absolute Gasteiger partial charge is 0.496 e. The smallest absolute Gasteiger partial charge is 0.243 e. The van der Waals surface area contributed by atoms with Crippen molar-refractivity contribution in [1.82, 2.24) is 15.2 Å². The fourth-order valence-corrected chi connectivity index (χ4v) is 3.23. The number of hydrogen-bond acceptors (Lipinski definition) is 4. The van der Waals surface area contributed by atoms with Gasteiger partial charge in [-0.1, -0.05) is 6.92 Å². The molecule has 1 saturated heterocycles. The Hall–Kier alpha value is -2.11. The second-order valence-electron chi connectivity index (χ2n) is 6.26. The van der Waals surface area contributed by atoms with E-state index in [1.807, 2.05) is 20.8 Å². The van der Waals surface area contributed by atoms with Gasteiger partial charge in [0.1, 0.15) is 11.8 Å². The standard InChI is InChI=1S/C18H27N3O3/c1-5-7-16(22)21-9-6-8-15(21)18(23)20-11-14-13(3)17(24-4)12(2)10-19-14/h10,15H,5-9,11H2,1-4H3,(H,20,23). The first-order valence-electron chi connectivity index (χ1n) is 8.55. The fraction of sp³-hybridized carbons (Fsp3) is 0.611. The molecule has 0 aromatic carbocycles. The molecule has 1 fully saturated rings. The summed E-state index contributed by atoms with van der Waals surface area (Å²) in [7, 11) is 1.63. The predicted octanol–water partition coefficient (Wildman–Crippen LogP) is 2.11. The Morgan fingerprint density at radius 3 is 2.83 bits per heavy atom. The van der Waals surface area contributed by atoms with E-state index in [0.29, 0.717) is 19.5 Å². The summed E-state index contributed by atoms with van der Waals surface area (Å²) in [5, 5.41) is 2.93. The molecular formula is C18H27N3O3. The zero-order valence-corrected chi connectivity index (χ0v) is 15.0. The minimum Gasteiger partial charge on any atom is -0.496 e. The average molecular weight is 333 g/mol. The Morgan fingerprint density at radius 2 is 2.17 bits per heavy atom. The van der Waals surface area contributed by atoms with E-state index in [1.54, 1.807) is 18.2 Å². The van der Waals surface area contributed by atoms with Crippen LogP contribution in [0.2, 0.25) is 0 Å². The third-order valence-corrected chi connectivity index (χ3v) is 4.52. The number of rotatable bonds is 6. The molecule has 1 unspecified atom stereocenters. The second kappa shape index (κ2) is 8.13. The van der Waals surface area contributed by atoms with Crippen molar-refractivity contribution < 1.29 is 14.3 Å². The number of aromatic nitrogens is 1. The molecule has 6 nitrogen and oxygen atoms in total. The number of carbonyl (C=O) groups excluding carboxylic acids is 2. The number of hydrogen-bond donors (Lipinski definition) is 1. The molecule has 24 heavy (non-hydrogen) atoms. The average Bonchev–Trinajstić information content (AvgIpc) is 3.04. The Bertz CT molecular complexity index is 616. The molecule has 0 saturated carbocycles. The fourth-order valence-electron chi connectivity index (χ4n) is 3.23. The highest BCUT2D eigenvalue weighted by Gasteiger charge is 2.33. The molecule has 6 heteroatoms.